The van der Waals surface area contributed by atoms with Crippen LogP contribution in [-0.4, -0.2) is 7.32 Å². The van der Waals surface area contributed by atoms with Crippen LogP contribution in [0.25, 0.3) is 56.2 Å². The van der Waals surface area contributed by atoms with Gasteiger partial charge in [-0.25, -0.2) is 70.2 Å². The van der Waals surface area contributed by atoms with Gasteiger partial charge in [-0.1, -0.05) is 48.5 Å². The Labute approximate surface area is 391 Å². The monoisotopic (exact) mass is 1020 g/mol. The Hall–Kier alpha value is -7.46. The highest BCUT2D eigenvalue weighted by atomic mass is 19.2. The van der Waals surface area contributed by atoms with Gasteiger partial charge in [-0.15, -0.1) is 0 Å². The van der Waals surface area contributed by atoms with E-state index in [9.17, 15) is 13.2 Å². The summed E-state index contributed by atoms with van der Waals surface area (Å²) in [5.74, 6) is -42.9. The molecule has 0 amide bonds. The molecule has 364 valence electrons. The van der Waals surface area contributed by atoms with Crippen molar-refractivity contribution in [3.05, 3.63) is 205 Å². The van der Waals surface area contributed by atoms with E-state index in [1.54, 1.807) is 0 Å². The van der Waals surface area contributed by atoms with Crippen molar-refractivity contribution in [2.24, 2.45) is 0 Å². The minimum absolute atomic E-state index is 0.109. The Morgan fingerprint density at radius 3 is 1.22 bits per heavy atom. The van der Waals surface area contributed by atoms with Gasteiger partial charge in [0, 0.05) is 61.7 Å². The maximum absolute atomic E-state index is 17.6. The summed E-state index contributed by atoms with van der Waals surface area (Å²) in [5.41, 5.74) is -15.3. The van der Waals surface area contributed by atoms with E-state index in [4.69, 9.17) is 14.0 Å². The van der Waals surface area contributed by atoms with Crippen LogP contribution in [0.1, 0.15) is 44.5 Å². The Bertz CT molecular complexity index is 3500. The zero-order valence-electron chi connectivity index (χ0n) is 35.0. The van der Waals surface area contributed by atoms with Gasteiger partial charge in [-0.2, -0.15) is 8.78 Å². The highest BCUT2D eigenvalue weighted by Gasteiger charge is 2.59. The van der Waals surface area contributed by atoms with Gasteiger partial charge in [0.1, 0.15) is 11.6 Å². The van der Waals surface area contributed by atoms with Crippen molar-refractivity contribution < 1.29 is 93.0 Å². The van der Waals surface area contributed by atoms with Crippen molar-refractivity contribution in [2.75, 3.05) is 0 Å². The maximum Gasteiger partial charge on any atom is 0.718 e. The molecule has 4 aliphatic rings. The highest BCUT2D eigenvalue weighted by molar-refractivity contribution is 6.38. The van der Waals surface area contributed by atoms with Gasteiger partial charge in [0.25, 0.3) is 11.7 Å². The van der Waals surface area contributed by atoms with Crippen molar-refractivity contribution in [1.82, 2.24) is 0 Å². The Kier molecular flexibility index (Phi) is 10.4. The van der Waals surface area contributed by atoms with Gasteiger partial charge in [-0.05, 0) is 70.5 Å². The zero-order valence-corrected chi connectivity index (χ0v) is 35.0. The molecular weight excluding hydrogens is 1000 g/mol. The molecular formula is C50H17BF18O3. The largest absolute Gasteiger partial charge is 0.718 e. The summed E-state index contributed by atoms with van der Waals surface area (Å²) < 4.78 is 297. The third kappa shape index (κ3) is 6.32. The molecule has 2 unspecified atom stereocenters. The lowest BCUT2D eigenvalue weighted by molar-refractivity contribution is -0.131. The molecule has 4 aliphatic carbocycles. The summed E-state index contributed by atoms with van der Waals surface area (Å²) in [5, 5.41) is 0. The number of hydrogen-bond donors (Lipinski definition) is 0. The summed E-state index contributed by atoms with van der Waals surface area (Å²) in [6, 6.07) is 8.10. The van der Waals surface area contributed by atoms with Gasteiger partial charge in [0.05, 0.1) is 0 Å². The first kappa shape index (κ1) is 46.9. The topological polar surface area (TPSA) is 27.7 Å². The molecule has 0 aromatic heterocycles. The van der Waals surface area contributed by atoms with E-state index in [0.717, 1.165) is 36.4 Å². The molecule has 0 radical (unpaired) electrons. The molecule has 11 rings (SSSR count). The fourth-order valence-corrected chi connectivity index (χ4v) is 9.76. The number of alkyl halides is 2. The average molecular weight is 1020 g/mol. The maximum atomic E-state index is 17.6. The van der Waals surface area contributed by atoms with Crippen molar-refractivity contribution in [1.29, 1.82) is 0 Å². The number of hydrogen-bond acceptors (Lipinski definition) is 3. The van der Waals surface area contributed by atoms with Crippen molar-refractivity contribution in [3.63, 3.8) is 0 Å². The SMILES string of the molecule is FC1=C(F)C(F)(OB(Oc2ccc(F)cc2F)OC2(F)C(F)=C(F)c3c(-c4c(F)c(F)c(F)c5c4Cc4ccc(F)c(F)c4-5)cccc32)c2cccc(-c3c(F)c(F)c(F)c4c3Cc3ccc(F)c(F)c3-4)c21. The van der Waals surface area contributed by atoms with Crippen LogP contribution < -0.4 is 4.65 Å². The molecule has 0 spiro atoms. The van der Waals surface area contributed by atoms with Crippen LogP contribution >= 0.6 is 0 Å². The molecule has 0 fully saturated rings. The summed E-state index contributed by atoms with van der Waals surface area (Å²) in [7, 11) is -3.53. The molecule has 0 bridgehead atoms. The molecule has 3 nitrogen and oxygen atoms in total. The molecule has 2 atom stereocenters. The molecule has 0 N–H and O–H groups in total. The van der Waals surface area contributed by atoms with Gasteiger partial charge in [0.15, 0.2) is 75.6 Å². The Morgan fingerprint density at radius 1 is 0.389 bits per heavy atom. The van der Waals surface area contributed by atoms with Gasteiger partial charge in [-0.3, -0.25) is 0 Å². The fraction of sp³-hybridized carbons (Fsp3) is 0.0800. The minimum Gasteiger partial charge on any atom is -0.509 e. The predicted molar refractivity (Wildman–Crippen MR) is 219 cm³/mol. The molecule has 0 heterocycles. The second kappa shape index (κ2) is 16.0. The van der Waals surface area contributed by atoms with Crippen LogP contribution in [0.4, 0.5) is 79.0 Å². The van der Waals surface area contributed by atoms with Crippen LogP contribution in [0, 0.1) is 69.8 Å². The van der Waals surface area contributed by atoms with Gasteiger partial charge in [0.2, 0.25) is 11.7 Å². The van der Waals surface area contributed by atoms with Crippen molar-refractivity contribution in [2.45, 2.75) is 24.6 Å². The smallest absolute Gasteiger partial charge is 0.509 e. The molecule has 72 heavy (non-hydrogen) atoms. The van der Waals surface area contributed by atoms with Crippen LogP contribution in [0.15, 0.2) is 90.5 Å². The van der Waals surface area contributed by atoms with E-state index in [1.165, 1.54) is 0 Å². The third-order valence-corrected chi connectivity index (χ3v) is 12.8. The second-order valence-electron chi connectivity index (χ2n) is 16.6. The summed E-state index contributed by atoms with van der Waals surface area (Å²) in [4.78, 5) is 0. The van der Waals surface area contributed by atoms with E-state index >= 15 is 65.9 Å². The quantitative estimate of drug-likeness (QED) is 0.0862. The first-order chi connectivity index (χ1) is 34.1. The van der Waals surface area contributed by atoms with Crippen LogP contribution in [0.2, 0.25) is 0 Å². The first-order valence-electron chi connectivity index (χ1n) is 20.7. The van der Waals surface area contributed by atoms with E-state index in [0.29, 0.717) is 36.4 Å². The third-order valence-electron chi connectivity index (χ3n) is 12.8. The van der Waals surface area contributed by atoms with Crippen molar-refractivity contribution >= 4 is 19.0 Å². The average Bonchev–Trinajstić information content (AvgIpc) is 4.04. The first-order valence-corrected chi connectivity index (χ1v) is 20.7. The molecule has 0 saturated heterocycles. The number of fused-ring (bicyclic) bond motifs is 8. The zero-order chi connectivity index (χ0) is 51.4. The molecule has 0 aliphatic heterocycles. The van der Waals surface area contributed by atoms with Gasteiger partial charge >= 0.3 is 7.32 Å². The lowest BCUT2D eigenvalue weighted by atomic mass is 9.89. The molecule has 7 aromatic rings. The predicted octanol–water partition coefficient (Wildman–Crippen LogP) is 15.1. The Balaban J connectivity index is 1.04. The highest BCUT2D eigenvalue weighted by Crippen LogP contribution is 2.58. The summed E-state index contributed by atoms with van der Waals surface area (Å²) in [6.07, 6.45) is -1.39. The molecule has 0 saturated carbocycles. The summed E-state index contributed by atoms with van der Waals surface area (Å²) >= 11 is 0. The lowest BCUT2D eigenvalue weighted by Gasteiger charge is -2.29. The number of halogens is 18. The second-order valence-corrected chi connectivity index (χ2v) is 16.6. The van der Waals surface area contributed by atoms with Crippen LogP contribution in [0.5, 0.6) is 5.75 Å². The fourth-order valence-electron chi connectivity index (χ4n) is 9.76. The Morgan fingerprint density at radius 2 is 0.806 bits per heavy atom. The van der Waals surface area contributed by atoms with E-state index in [-0.39, 0.29) is 17.2 Å². The lowest BCUT2D eigenvalue weighted by Crippen LogP contribution is -2.44. The van der Waals surface area contributed by atoms with E-state index < -0.39 is 209 Å². The van der Waals surface area contributed by atoms with E-state index in [1.807, 2.05) is 0 Å². The standard InChI is InChI=1S/C50H17BF18O3/c52-18-9-12-28(27(55)15-18)70-51(71-49(68)23-5-1-3-19(33(23)43(62)47(49)66)31-21-13-16-7-10-25(53)37(56)29(16)35(21)41(60)45(64)39(31)58)72-50(69)24-6-2-4-20(34(24)44(63)48(50)67)32-22-14-17-8-11-26(54)38(57)30(17)36(22)42(61)46(65)40(32)59/h1-12,15H,13-14H2. The van der Waals surface area contributed by atoms with Crippen LogP contribution in [0.3, 0.4) is 0 Å². The van der Waals surface area contributed by atoms with Gasteiger partial charge < -0.3 is 14.0 Å². The van der Waals surface area contributed by atoms with Crippen molar-refractivity contribution in [3.8, 4) is 50.3 Å². The van der Waals surface area contributed by atoms with Crippen LogP contribution in [-0.2, 0) is 33.9 Å². The minimum atomic E-state index is -4.58. The molecule has 22 heteroatoms. The molecule has 7 aromatic carbocycles. The summed E-state index contributed by atoms with van der Waals surface area (Å²) in [6.45, 7) is 0. The normalized spacial score (nSPS) is 18.1. The number of benzene rings is 7. The number of rotatable bonds is 8. The van der Waals surface area contributed by atoms with E-state index in [2.05, 4.69) is 0 Å².